The van der Waals surface area contributed by atoms with Crippen LogP contribution in [0.25, 0.3) is 0 Å². The summed E-state index contributed by atoms with van der Waals surface area (Å²) in [5.74, 6) is 0.875. The van der Waals surface area contributed by atoms with Gasteiger partial charge < -0.3 is 10.2 Å². The molecule has 1 aliphatic carbocycles. The minimum atomic E-state index is 0.629. The largest absolute Gasteiger partial charge is 0.341 e. The zero-order valence-corrected chi connectivity index (χ0v) is 11.7. The number of hydrogen-bond donors (Lipinski definition) is 1. The van der Waals surface area contributed by atoms with E-state index in [9.17, 15) is 0 Å². The zero-order valence-electron chi connectivity index (χ0n) is 11.7. The Morgan fingerprint density at radius 2 is 2.11 bits per heavy atom. The Bertz CT molecular complexity index is 385. The lowest BCUT2D eigenvalue weighted by Gasteiger charge is -2.24. The van der Waals surface area contributed by atoms with E-state index in [1.54, 1.807) is 0 Å². The van der Waals surface area contributed by atoms with Gasteiger partial charge in [-0.15, -0.1) is 0 Å². The van der Waals surface area contributed by atoms with Crippen molar-refractivity contribution in [1.82, 2.24) is 15.3 Å². The second-order valence-corrected chi connectivity index (χ2v) is 5.11. The summed E-state index contributed by atoms with van der Waals surface area (Å²) < 4.78 is 0. The van der Waals surface area contributed by atoms with Crippen LogP contribution in [0.4, 0.5) is 5.95 Å². The monoisotopic (exact) mass is 248 g/mol. The van der Waals surface area contributed by atoms with Crippen molar-refractivity contribution in [2.24, 2.45) is 0 Å². The lowest BCUT2D eigenvalue weighted by atomic mass is 10.2. The second kappa shape index (κ2) is 6.14. The van der Waals surface area contributed by atoms with Crippen molar-refractivity contribution in [3.05, 3.63) is 17.5 Å². The van der Waals surface area contributed by atoms with Crippen molar-refractivity contribution in [1.29, 1.82) is 0 Å². The van der Waals surface area contributed by atoms with Crippen LogP contribution < -0.4 is 10.2 Å². The van der Waals surface area contributed by atoms with Gasteiger partial charge in [0.25, 0.3) is 0 Å². The van der Waals surface area contributed by atoms with E-state index >= 15 is 0 Å². The molecule has 100 valence electrons. The average Bonchev–Trinajstić information content (AvgIpc) is 2.90. The maximum absolute atomic E-state index is 4.65. The van der Waals surface area contributed by atoms with E-state index in [4.69, 9.17) is 0 Å². The van der Waals surface area contributed by atoms with Gasteiger partial charge in [-0.25, -0.2) is 9.97 Å². The molecule has 0 spiro atoms. The standard InChI is InChI=1S/C14H24N4/c1-4-15-9-12-10-16-14(17-11(12)2)18(3)13-7-5-6-8-13/h10,13,15H,4-9H2,1-3H3. The van der Waals surface area contributed by atoms with E-state index in [0.29, 0.717) is 6.04 Å². The summed E-state index contributed by atoms with van der Waals surface area (Å²) in [6, 6.07) is 0.629. The molecule has 4 heteroatoms. The topological polar surface area (TPSA) is 41.1 Å². The van der Waals surface area contributed by atoms with Gasteiger partial charge in [0.05, 0.1) is 0 Å². The summed E-state index contributed by atoms with van der Waals surface area (Å²) in [5, 5.41) is 3.32. The maximum atomic E-state index is 4.65. The molecule has 0 aromatic carbocycles. The lowest BCUT2D eigenvalue weighted by Crippen LogP contribution is -2.30. The van der Waals surface area contributed by atoms with E-state index in [1.165, 1.54) is 31.2 Å². The van der Waals surface area contributed by atoms with Gasteiger partial charge in [0.1, 0.15) is 0 Å². The summed E-state index contributed by atoms with van der Waals surface area (Å²) in [6.07, 6.45) is 7.20. The Kier molecular flexibility index (Phi) is 4.53. The summed E-state index contributed by atoms with van der Waals surface area (Å²) in [5.41, 5.74) is 2.28. The predicted molar refractivity (Wildman–Crippen MR) is 74.8 cm³/mol. The van der Waals surface area contributed by atoms with Gasteiger partial charge in [-0.3, -0.25) is 0 Å². The molecule has 4 nitrogen and oxygen atoms in total. The fraction of sp³-hybridized carbons (Fsp3) is 0.714. The number of nitrogens with one attached hydrogen (secondary N) is 1. The Labute approximate surface area is 110 Å². The van der Waals surface area contributed by atoms with E-state index in [-0.39, 0.29) is 0 Å². The molecule has 2 rings (SSSR count). The van der Waals surface area contributed by atoms with Crippen molar-refractivity contribution >= 4 is 5.95 Å². The molecule has 0 unspecified atom stereocenters. The van der Waals surface area contributed by atoms with E-state index in [0.717, 1.165) is 24.7 Å². The molecule has 1 aliphatic rings. The normalized spacial score (nSPS) is 16.2. The van der Waals surface area contributed by atoms with Crippen LogP contribution in [0.3, 0.4) is 0 Å². The van der Waals surface area contributed by atoms with Gasteiger partial charge in [0, 0.05) is 37.1 Å². The highest BCUT2D eigenvalue weighted by Crippen LogP contribution is 2.25. The number of hydrogen-bond acceptors (Lipinski definition) is 4. The van der Waals surface area contributed by atoms with Crippen molar-refractivity contribution in [3.8, 4) is 0 Å². The van der Waals surface area contributed by atoms with Crippen LogP contribution in [0.2, 0.25) is 0 Å². The molecule has 1 aromatic heterocycles. The van der Waals surface area contributed by atoms with Crippen LogP contribution in [0.1, 0.15) is 43.9 Å². The van der Waals surface area contributed by atoms with E-state index in [1.807, 2.05) is 6.20 Å². The molecule has 1 aromatic rings. The fourth-order valence-electron chi connectivity index (χ4n) is 2.54. The third-order valence-electron chi connectivity index (χ3n) is 3.82. The van der Waals surface area contributed by atoms with Gasteiger partial charge in [0.15, 0.2) is 0 Å². The molecule has 0 atom stereocenters. The summed E-state index contributed by atoms with van der Waals surface area (Å²) in [4.78, 5) is 11.4. The highest BCUT2D eigenvalue weighted by molar-refractivity contribution is 5.33. The highest BCUT2D eigenvalue weighted by atomic mass is 15.3. The molecule has 0 saturated heterocycles. The summed E-state index contributed by atoms with van der Waals surface area (Å²) >= 11 is 0. The molecule has 1 heterocycles. The molecule has 0 radical (unpaired) electrons. The van der Waals surface area contributed by atoms with Crippen molar-refractivity contribution < 1.29 is 0 Å². The van der Waals surface area contributed by atoms with Gasteiger partial charge in [-0.1, -0.05) is 19.8 Å². The first kappa shape index (κ1) is 13.3. The molecule has 0 bridgehead atoms. The number of nitrogens with zero attached hydrogens (tertiary/aromatic N) is 3. The molecule has 1 fully saturated rings. The molecule has 18 heavy (non-hydrogen) atoms. The number of aromatic nitrogens is 2. The van der Waals surface area contributed by atoms with Gasteiger partial charge in [-0.05, 0) is 26.3 Å². The third-order valence-corrected chi connectivity index (χ3v) is 3.82. The van der Waals surface area contributed by atoms with Crippen molar-refractivity contribution in [2.75, 3.05) is 18.5 Å². The zero-order chi connectivity index (χ0) is 13.0. The van der Waals surface area contributed by atoms with Crippen LogP contribution in [0.15, 0.2) is 6.20 Å². The molecule has 1 saturated carbocycles. The van der Waals surface area contributed by atoms with E-state index < -0.39 is 0 Å². The Balaban J connectivity index is 2.07. The third kappa shape index (κ3) is 2.99. The van der Waals surface area contributed by atoms with Crippen molar-refractivity contribution in [3.63, 3.8) is 0 Å². The predicted octanol–water partition coefficient (Wildman–Crippen LogP) is 2.27. The molecular formula is C14H24N4. The van der Waals surface area contributed by atoms with Crippen LogP contribution in [0.5, 0.6) is 0 Å². The first-order valence-corrected chi connectivity index (χ1v) is 6.98. The Morgan fingerprint density at radius 3 is 2.72 bits per heavy atom. The molecular weight excluding hydrogens is 224 g/mol. The van der Waals surface area contributed by atoms with Crippen molar-refractivity contribution in [2.45, 2.75) is 52.1 Å². The summed E-state index contributed by atoms with van der Waals surface area (Å²) in [6.45, 7) is 6.01. The SMILES string of the molecule is CCNCc1cnc(N(C)C2CCCC2)nc1C. The second-order valence-electron chi connectivity index (χ2n) is 5.11. The maximum Gasteiger partial charge on any atom is 0.225 e. The Morgan fingerprint density at radius 1 is 1.39 bits per heavy atom. The van der Waals surface area contributed by atoms with Gasteiger partial charge >= 0.3 is 0 Å². The highest BCUT2D eigenvalue weighted by Gasteiger charge is 2.21. The molecule has 1 N–H and O–H groups in total. The fourth-order valence-corrected chi connectivity index (χ4v) is 2.54. The smallest absolute Gasteiger partial charge is 0.225 e. The summed E-state index contributed by atoms with van der Waals surface area (Å²) in [7, 11) is 2.12. The van der Waals surface area contributed by atoms with Crippen LogP contribution >= 0.6 is 0 Å². The van der Waals surface area contributed by atoms with Gasteiger partial charge in [0.2, 0.25) is 5.95 Å². The first-order valence-electron chi connectivity index (χ1n) is 6.98. The lowest BCUT2D eigenvalue weighted by molar-refractivity contribution is 0.634. The number of rotatable bonds is 5. The number of anilines is 1. The number of aryl methyl sites for hydroxylation is 1. The average molecular weight is 248 g/mol. The quantitative estimate of drug-likeness (QED) is 0.868. The first-order chi connectivity index (χ1) is 8.72. The van der Waals surface area contributed by atoms with Crippen LogP contribution in [0, 0.1) is 6.92 Å². The van der Waals surface area contributed by atoms with E-state index in [2.05, 4.69) is 41.1 Å². The van der Waals surface area contributed by atoms with Crippen LogP contribution in [-0.2, 0) is 6.54 Å². The minimum absolute atomic E-state index is 0.629. The molecule has 0 amide bonds. The minimum Gasteiger partial charge on any atom is -0.341 e. The van der Waals surface area contributed by atoms with Crippen LogP contribution in [-0.4, -0.2) is 29.6 Å². The molecule has 0 aliphatic heterocycles. The Hall–Kier alpha value is -1.16. The van der Waals surface area contributed by atoms with Gasteiger partial charge in [-0.2, -0.15) is 0 Å².